The van der Waals surface area contributed by atoms with Crippen LogP contribution in [0.25, 0.3) is 0 Å². The van der Waals surface area contributed by atoms with Crippen LogP contribution < -0.4 is 5.43 Å². The number of nitrogens with zero attached hydrogens (tertiary/aromatic N) is 1. The molecule has 0 aliphatic carbocycles. The highest BCUT2D eigenvalue weighted by atomic mass is 16.6. The number of carbonyl (C=O) groups excluding carboxylic acids is 3. The maximum Gasteiger partial charge on any atom is 0.337 e. The van der Waals surface area contributed by atoms with Crippen molar-refractivity contribution >= 4 is 23.6 Å². The molecule has 27 heavy (non-hydrogen) atoms. The summed E-state index contributed by atoms with van der Waals surface area (Å²) < 4.78 is 15.4. The Bertz CT molecular complexity index is 752. The van der Waals surface area contributed by atoms with Crippen LogP contribution in [0.1, 0.15) is 26.3 Å². The van der Waals surface area contributed by atoms with Gasteiger partial charge < -0.3 is 14.2 Å². The summed E-state index contributed by atoms with van der Waals surface area (Å²) in [5, 5.41) is 4.13. The number of rotatable bonds is 7. The Labute approximate surface area is 157 Å². The van der Waals surface area contributed by atoms with Gasteiger partial charge in [-0.25, -0.2) is 4.79 Å². The van der Waals surface area contributed by atoms with Crippen LogP contribution in [0.2, 0.25) is 0 Å². The standard InChI is InChI=1S/C19H22N2O6/c1-4-25-16(22)14-12-20-21-15(13-10-8-7-9-11-13)19(14,17(23)26-5-2)18(24)27-6-3/h7-12,20H,4-6H2,1-3H3. The largest absolute Gasteiger partial charge is 0.465 e. The number of carbonyl (C=O) groups is 3. The lowest BCUT2D eigenvalue weighted by molar-refractivity contribution is -0.166. The lowest BCUT2D eigenvalue weighted by Crippen LogP contribution is -2.54. The predicted octanol–water partition coefficient (Wildman–Crippen LogP) is 1.55. The quantitative estimate of drug-likeness (QED) is 0.439. The van der Waals surface area contributed by atoms with Gasteiger partial charge in [0.25, 0.3) is 0 Å². The van der Waals surface area contributed by atoms with E-state index in [0.717, 1.165) is 6.20 Å². The van der Waals surface area contributed by atoms with E-state index in [4.69, 9.17) is 14.2 Å². The van der Waals surface area contributed by atoms with E-state index in [1.807, 2.05) is 0 Å². The summed E-state index contributed by atoms with van der Waals surface area (Å²) in [5.41, 5.74) is 0.615. The smallest absolute Gasteiger partial charge is 0.337 e. The van der Waals surface area contributed by atoms with E-state index in [0.29, 0.717) is 5.56 Å². The first-order chi connectivity index (χ1) is 13.0. The molecule has 2 rings (SSSR count). The molecule has 0 spiro atoms. The molecule has 0 radical (unpaired) electrons. The molecule has 1 aromatic carbocycles. The molecule has 1 aliphatic rings. The van der Waals surface area contributed by atoms with Crippen LogP contribution in [0.4, 0.5) is 0 Å². The van der Waals surface area contributed by atoms with Crippen molar-refractivity contribution in [3.63, 3.8) is 0 Å². The third-order valence-electron chi connectivity index (χ3n) is 3.85. The Morgan fingerprint density at radius 3 is 2.00 bits per heavy atom. The normalized spacial score (nSPS) is 14.9. The van der Waals surface area contributed by atoms with Crippen LogP contribution in [0.5, 0.6) is 0 Å². The van der Waals surface area contributed by atoms with Crippen molar-refractivity contribution in [3.05, 3.63) is 47.7 Å². The second-order valence-corrected chi connectivity index (χ2v) is 5.42. The topological polar surface area (TPSA) is 103 Å². The van der Waals surface area contributed by atoms with Crippen molar-refractivity contribution in [2.24, 2.45) is 10.5 Å². The summed E-state index contributed by atoms with van der Waals surface area (Å²) in [5.74, 6) is -2.74. The van der Waals surface area contributed by atoms with Crippen LogP contribution in [-0.4, -0.2) is 43.4 Å². The number of benzene rings is 1. The minimum absolute atomic E-state index is 0.00514. The van der Waals surface area contributed by atoms with E-state index in [1.165, 1.54) is 0 Å². The summed E-state index contributed by atoms with van der Waals surface area (Å²) in [4.78, 5) is 38.7. The molecular weight excluding hydrogens is 352 g/mol. The number of hydrogen-bond donors (Lipinski definition) is 1. The Morgan fingerprint density at radius 1 is 0.926 bits per heavy atom. The van der Waals surface area contributed by atoms with Gasteiger partial charge in [0.15, 0.2) is 0 Å². The average Bonchev–Trinajstić information content (AvgIpc) is 2.68. The number of hydrogen-bond acceptors (Lipinski definition) is 8. The maximum atomic E-state index is 13.1. The number of hydrazone groups is 1. The first-order valence-electron chi connectivity index (χ1n) is 8.65. The molecule has 0 aromatic heterocycles. The van der Waals surface area contributed by atoms with Gasteiger partial charge in [0.1, 0.15) is 5.71 Å². The van der Waals surface area contributed by atoms with Crippen molar-refractivity contribution in [1.29, 1.82) is 0 Å². The molecule has 8 heteroatoms. The van der Waals surface area contributed by atoms with Crippen LogP contribution >= 0.6 is 0 Å². The highest BCUT2D eigenvalue weighted by Crippen LogP contribution is 2.38. The van der Waals surface area contributed by atoms with Gasteiger partial charge in [0.05, 0.1) is 25.4 Å². The summed E-state index contributed by atoms with van der Waals surface area (Å²) in [7, 11) is 0. The van der Waals surface area contributed by atoms with E-state index in [-0.39, 0.29) is 31.1 Å². The molecule has 0 amide bonds. The zero-order valence-corrected chi connectivity index (χ0v) is 15.5. The van der Waals surface area contributed by atoms with E-state index in [1.54, 1.807) is 51.1 Å². The average molecular weight is 374 g/mol. The first-order valence-corrected chi connectivity index (χ1v) is 8.65. The van der Waals surface area contributed by atoms with E-state index < -0.39 is 23.3 Å². The molecule has 144 valence electrons. The summed E-state index contributed by atoms with van der Waals surface area (Å²) >= 11 is 0. The van der Waals surface area contributed by atoms with Gasteiger partial charge in [0.2, 0.25) is 5.41 Å². The Balaban J connectivity index is 2.74. The SMILES string of the molecule is CCOC(=O)C1=CNN=C(c2ccccc2)C1(C(=O)OCC)C(=O)OCC. The lowest BCUT2D eigenvalue weighted by atomic mass is 9.72. The molecule has 0 saturated carbocycles. The van der Waals surface area contributed by atoms with Crippen molar-refractivity contribution in [2.75, 3.05) is 19.8 Å². The molecule has 0 fully saturated rings. The van der Waals surface area contributed by atoms with Gasteiger partial charge in [-0.3, -0.25) is 15.0 Å². The van der Waals surface area contributed by atoms with E-state index in [2.05, 4.69) is 10.5 Å². The van der Waals surface area contributed by atoms with Gasteiger partial charge in [-0.2, -0.15) is 5.10 Å². The number of esters is 3. The molecular formula is C19H22N2O6. The van der Waals surface area contributed by atoms with Gasteiger partial charge in [0, 0.05) is 6.20 Å². The van der Waals surface area contributed by atoms with Crippen molar-refractivity contribution in [2.45, 2.75) is 20.8 Å². The highest BCUT2D eigenvalue weighted by Gasteiger charge is 2.60. The van der Waals surface area contributed by atoms with E-state index in [9.17, 15) is 14.4 Å². The van der Waals surface area contributed by atoms with Gasteiger partial charge in [-0.1, -0.05) is 30.3 Å². The Morgan fingerprint density at radius 2 is 1.48 bits per heavy atom. The molecule has 1 heterocycles. The van der Waals surface area contributed by atoms with Crippen LogP contribution in [0.15, 0.2) is 47.2 Å². The number of ether oxygens (including phenoxy) is 3. The fourth-order valence-electron chi connectivity index (χ4n) is 2.75. The van der Waals surface area contributed by atoms with Gasteiger partial charge >= 0.3 is 17.9 Å². The van der Waals surface area contributed by atoms with Crippen molar-refractivity contribution < 1.29 is 28.6 Å². The van der Waals surface area contributed by atoms with Gasteiger partial charge in [-0.15, -0.1) is 0 Å². The molecule has 0 unspecified atom stereocenters. The zero-order valence-electron chi connectivity index (χ0n) is 15.5. The summed E-state index contributed by atoms with van der Waals surface area (Å²) in [6.45, 7) is 4.90. The van der Waals surface area contributed by atoms with Crippen LogP contribution in [-0.2, 0) is 28.6 Å². The third kappa shape index (κ3) is 3.69. The molecule has 1 aliphatic heterocycles. The Hall–Kier alpha value is -3.16. The fraction of sp³-hybridized carbons (Fsp3) is 0.368. The zero-order chi connectivity index (χ0) is 19.9. The first kappa shape index (κ1) is 20.2. The predicted molar refractivity (Wildman–Crippen MR) is 96.5 cm³/mol. The monoisotopic (exact) mass is 374 g/mol. The number of nitrogens with one attached hydrogen (secondary N) is 1. The molecule has 1 N–H and O–H groups in total. The second kappa shape index (κ2) is 8.98. The highest BCUT2D eigenvalue weighted by molar-refractivity contribution is 6.33. The minimum Gasteiger partial charge on any atom is -0.465 e. The summed E-state index contributed by atoms with van der Waals surface area (Å²) in [6.07, 6.45) is 1.16. The second-order valence-electron chi connectivity index (χ2n) is 5.42. The molecule has 1 aromatic rings. The van der Waals surface area contributed by atoms with Crippen LogP contribution in [0, 0.1) is 5.41 Å². The molecule has 8 nitrogen and oxygen atoms in total. The van der Waals surface area contributed by atoms with Gasteiger partial charge in [-0.05, 0) is 26.3 Å². The van der Waals surface area contributed by atoms with Crippen molar-refractivity contribution in [3.8, 4) is 0 Å². The van der Waals surface area contributed by atoms with Crippen molar-refractivity contribution in [1.82, 2.24) is 5.43 Å². The minimum atomic E-state index is -2.19. The Kier molecular flexibility index (Phi) is 6.70. The third-order valence-corrected chi connectivity index (χ3v) is 3.85. The van der Waals surface area contributed by atoms with E-state index >= 15 is 0 Å². The molecule has 0 bridgehead atoms. The maximum absolute atomic E-state index is 13.1. The molecule has 0 atom stereocenters. The lowest BCUT2D eigenvalue weighted by Gasteiger charge is -2.33. The molecule has 0 saturated heterocycles. The summed E-state index contributed by atoms with van der Waals surface area (Å²) in [6, 6.07) is 8.56. The fourth-order valence-corrected chi connectivity index (χ4v) is 2.75. The van der Waals surface area contributed by atoms with Crippen LogP contribution in [0.3, 0.4) is 0 Å².